The first-order valence-electron chi connectivity index (χ1n) is 4.30. The summed E-state index contributed by atoms with van der Waals surface area (Å²) in [5.74, 6) is 1.52. The fourth-order valence-corrected chi connectivity index (χ4v) is 3.76. The summed E-state index contributed by atoms with van der Waals surface area (Å²) >= 11 is 8.70. The highest BCUT2D eigenvalue weighted by Gasteiger charge is 2.38. The van der Waals surface area contributed by atoms with Crippen LogP contribution in [-0.2, 0) is 0 Å². The lowest BCUT2D eigenvalue weighted by Gasteiger charge is -2.06. The summed E-state index contributed by atoms with van der Waals surface area (Å²) < 4.78 is 2.27. The zero-order valence-corrected chi connectivity index (χ0v) is 11.2. The fourth-order valence-electron chi connectivity index (χ4n) is 1.59. The van der Waals surface area contributed by atoms with Crippen molar-refractivity contribution in [3.63, 3.8) is 0 Å². The maximum Gasteiger partial charge on any atom is 0.0843 e. The molecule has 0 radical (unpaired) electrons. The number of hydrogen-bond donors (Lipinski definition) is 1. The minimum absolute atomic E-state index is 0.239. The third-order valence-electron chi connectivity index (χ3n) is 2.63. The van der Waals surface area contributed by atoms with E-state index in [1.54, 1.807) is 11.3 Å². The summed E-state index contributed by atoms with van der Waals surface area (Å²) in [4.78, 5) is 1.29. The summed E-state index contributed by atoms with van der Waals surface area (Å²) in [6, 6.07) is 2.37. The van der Waals surface area contributed by atoms with Crippen LogP contribution in [0.25, 0.3) is 0 Å². The van der Waals surface area contributed by atoms with Gasteiger partial charge in [0.25, 0.3) is 0 Å². The van der Waals surface area contributed by atoms with Gasteiger partial charge in [0.05, 0.1) is 3.79 Å². The van der Waals surface area contributed by atoms with Crippen LogP contribution in [0, 0.1) is 11.8 Å². The fraction of sp³-hybridized carbons (Fsp3) is 0.556. The Hall–Kier alpha value is 0.620. The molecule has 2 rings (SSSR count). The summed E-state index contributed by atoms with van der Waals surface area (Å²) in [5, 5.41) is 0. The summed E-state index contributed by atoms with van der Waals surface area (Å²) in [6.07, 6.45) is 1.29. The molecule has 2 N–H and O–H groups in total. The Morgan fingerprint density at radius 2 is 2.23 bits per heavy atom. The molecule has 1 aromatic heterocycles. The van der Waals surface area contributed by atoms with Gasteiger partial charge in [-0.3, -0.25) is 0 Å². The number of nitrogens with two attached hydrogens (primary N) is 1. The predicted octanol–water partition coefficient (Wildman–Crippen LogP) is 3.93. The molecule has 0 aliphatic heterocycles. The van der Waals surface area contributed by atoms with Crippen LogP contribution in [0.15, 0.2) is 14.3 Å². The van der Waals surface area contributed by atoms with Crippen molar-refractivity contribution in [3.05, 3.63) is 19.2 Å². The molecular weight excluding hydrogens is 314 g/mol. The van der Waals surface area contributed by atoms with E-state index in [4.69, 9.17) is 5.73 Å². The molecule has 1 saturated carbocycles. The smallest absolute Gasteiger partial charge is 0.0843 e. The predicted molar refractivity (Wildman–Crippen MR) is 63.9 cm³/mol. The second kappa shape index (κ2) is 3.65. The van der Waals surface area contributed by atoms with E-state index in [1.807, 2.05) is 0 Å². The maximum absolute atomic E-state index is 6.14. The van der Waals surface area contributed by atoms with Crippen molar-refractivity contribution >= 4 is 43.2 Å². The van der Waals surface area contributed by atoms with E-state index in [1.165, 1.54) is 11.3 Å². The van der Waals surface area contributed by atoms with E-state index in [0.717, 1.165) is 14.2 Å². The van der Waals surface area contributed by atoms with Gasteiger partial charge in [0, 0.05) is 15.4 Å². The average Bonchev–Trinajstić information content (AvgIpc) is 2.70. The van der Waals surface area contributed by atoms with E-state index in [9.17, 15) is 0 Å². The molecule has 1 fully saturated rings. The van der Waals surface area contributed by atoms with Crippen molar-refractivity contribution in [3.8, 4) is 0 Å². The monoisotopic (exact) mass is 323 g/mol. The van der Waals surface area contributed by atoms with Crippen LogP contribution < -0.4 is 5.73 Å². The van der Waals surface area contributed by atoms with Crippen molar-refractivity contribution in [2.24, 2.45) is 17.6 Å². The highest BCUT2D eigenvalue weighted by atomic mass is 79.9. The van der Waals surface area contributed by atoms with Crippen molar-refractivity contribution in [1.29, 1.82) is 0 Å². The summed E-state index contributed by atoms with van der Waals surface area (Å²) in [5.41, 5.74) is 6.14. The molecule has 72 valence electrons. The topological polar surface area (TPSA) is 26.0 Å². The van der Waals surface area contributed by atoms with Crippen molar-refractivity contribution in [1.82, 2.24) is 0 Å². The molecule has 3 atom stereocenters. The first-order valence-corrected chi connectivity index (χ1v) is 6.70. The Labute approximate surface area is 99.0 Å². The van der Waals surface area contributed by atoms with Gasteiger partial charge >= 0.3 is 0 Å². The van der Waals surface area contributed by atoms with Gasteiger partial charge in [-0.15, -0.1) is 11.3 Å². The molecule has 1 aliphatic carbocycles. The molecular formula is C9H11Br2NS. The molecule has 1 aromatic rings. The number of halogens is 2. The summed E-state index contributed by atoms with van der Waals surface area (Å²) in [6.45, 7) is 2.27. The van der Waals surface area contributed by atoms with Crippen LogP contribution in [0.3, 0.4) is 0 Å². The Kier molecular flexibility index (Phi) is 2.85. The maximum atomic E-state index is 6.14. The average molecular weight is 325 g/mol. The third-order valence-corrected chi connectivity index (χ3v) is 5.98. The van der Waals surface area contributed by atoms with Crippen molar-refractivity contribution < 1.29 is 0 Å². The van der Waals surface area contributed by atoms with Gasteiger partial charge in [-0.25, -0.2) is 0 Å². The van der Waals surface area contributed by atoms with E-state index in [0.29, 0.717) is 5.92 Å². The normalized spacial score (nSPS) is 28.9. The molecule has 1 nitrogen and oxygen atoms in total. The lowest BCUT2D eigenvalue weighted by Crippen LogP contribution is -2.11. The Bertz CT molecular complexity index is 304. The third kappa shape index (κ3) is 2.01. The second-order valence-corrected chi connectivity index (χ2v) is 6.93. The molecule has 0 bridgehead atoms. The van der Waals surface area contributed by atoms with Gasteiger partial charge in [-0.1, -0.05) is 6.92 Å². The lowest BCUT2D eigenvalue weighted by molar-refractivity contribution is 0.602. The first-order chi connectivity index (χ1) is 6.09. The minimum atomic E-state index is 0.239. The zero-order valence-electron chi connectivity index (χ0n) is 7.26. The van der Waals surface area contributed by atoms with Crippen molar-refractivity contribution in [2.45, 2.75) is 19.4 Å². The zero-order chi connectivity index (χ0) is 9.59. The van der Waals surface area contributed by atoms with Crippen LogP contribution in [0.5, 0.6) is 0 Å². The number of thiophene rings is 1. The highest BCUT2D eigenvalue weighted by molar-refractivity contribution is 9.13. The van der Waals surface area contributed by atoms with E-state index < -0.39 is 0 Å². The number of hydrogen-bond acceptors (Lipinski definition) is 2. The molecule has 1 heterocycles. The molecule has 0 aromatic carbocycles. The lowest BCUT2D eigenvalue weighted by atomic mass is 10.1. The van der Waals surface area contributed by atoms with Gasteiger partial charge in [0.1, 0.15) is 0 Å². The van der Waals surface area contributed by atoms with Gasteiger partial charge in [0.15, 0.2) is 0 Å². The molecule has 0 spiro atoms. The minimum Gasteiger partial charge on any atom is -0.323 e. The van der Waals surface area contributed by atoms with Crippen LogP contribution in [-0.4, -0.2) is 0 Å². The van der Waals surface area contributed by atoms with Crippen LogP contribution in [0.4, 0.5) is 0 Å². The van der Waals surface area contributed by atoms with Crippen molar-refractivity contribution in [2.75, 3.05) is 0 Å². The summed E-state index contributed by atoms with van der Waals surface area (Å²) in [7, 11) is 0. The van der Waals surface area contributed by atoms with Gasteiger partial charge in [-0.2, -0.15) is 0 Å². The van der Waals surface area contributed by atoms with Gasteiger partial charge in [0.2, 0.25) is 0 Å². The number of rotatable bonds is 2. The van der Waals surface area contributed by atoms with E-state index in [-0.39, 0.29) is 6.04 Å². The highest BCUT2D eigenvalue weighted by Crippen LogP contribution is 2.48. The Morgan fingerprint density at radius 1 is 1.62 bits per heavy atom. The molecule has 0 saturated heterocycles. The molecule has 4 heteroatoms. The van der Waals surface area contributed by atoms with Crippen LogP contribution >= 0.6 is 43.2 Å². The molecule has 1 aliphatic rings. The van der Waals surface area contributed by atoms with E-state index in [2.05, 4.69) is 44.8 Å². The largest absolute Gasteiger partial charge is 0.323 e. The first kappa shape index (κ1) is 10.1. The SMILES string of the molecule is CC1CC1C(N)c1cc(Br)c(Br)s1. The second-order valence-electron chi connectivity index (χ2n) is 3.67. The van der Waals surface area contributed by atoms with Crippen LogP contribution in [0.1, 0.15) is 24.3 Å². The molecule has 0 amide bonds. The quantitative estimate of drug-likeness (QED) is 0.876. The standard InChI is InChI=1S/C9H11Br2NS/c1-4-2-5(4)8(12)7-3-6(10)9(11)13-7/h3-5,8H,2,12H2,1H3. The Balaban J connectivity index is 2.16. The van der Waals surface area contributed by atoms with Gasteiger partial charge in [-0.05, 0) is 56.2 Å². The van der Waals surface area contributed by atoms with Gasteiger partial charge < -0.3 is 5.73 Å². The Morgan fingerprint density at radius 3 is 2.62 bits per heavy atom. The van der Waals surface area contributed by atoms with Crippen LogP contribution in [0.2, 0.25) is 0 Å². The molecule has 3 unspecified atom stereocenters. The van der Waals surface area contributed by atoms with E-state index >= 15 is 0 Å². The molecule has 13 heavy (non-hydrogen) atoms.